The summed E-state index contributed by atoms with van der Waals surface area (Å²) in [6.45, 7) is 4.66. The standard InChI is InChI=1S/C13H16FN3O2S.ClH/c1-9-10(2)17(6-5-16-9)20(18,19)12-3-4-13(14)11(7-12)8-15;/h3-4,7,9-10,16H,5-6H2,1-2H3;1H. The van der Waals surface area contributed by atoms with Crippen LogP contribution in [0.3, 0.4) is 0 Å². The highest BCUT2D eigenvalue weighted by Crippen LogP contribution is 2.23. The van der Waals surface area contributed by atoms with Crippen LogP contribution in [-0.2, 0) is 10.0 Å². The minimum absolute atomic E-state index is 0. The Bertz CT molecular complexity index is 660. The fraction of sp³-hybridized carbons (Fsp3) is 0.462. The van der Waals surface area contributed by atoms with Crippen LogP contribution in [0, 0.1) is 17.1 Å². The van der Waals surface area contributed by atoms with Crippen molar-refractivity contribution in [2.75, 3.05) is 13.1 Å². The smallest absolute Gasteiger partial charge is 0.243 e. The molecule has 2 unspecified atom stereocenters. The van der Waals surface area contributed by atoms with Crippen molar-refractivity contribution >= 4 is 22.4 Å². The summed E-state index contributed by atoms with van der Waals surface area (Å²) in [4.78, 5) is -0.0450. The van der Waals surface area contributed by atoms with Gasteiger partial charge in [-0.25, -0.2) is 12.8 Å². The number of piperazine rings is 1. The number of rotatable bonds is 2. The lowest BCUT2D eigenvalue weighted by Gasteiger charge is -2.37. The summed E-state index contributed by atoms with van der Waals surface area (Å²) in [5.74, 6) is -0.715. The fourth-order valence-corrected chi connectivity index (χ4v) is 3.98. The molecule has 2 atom stereocenters. The van der Waals surface area contributed by atoms with Crippen LogP contribution in [0.25, 0.3) is 0 Å². The molecule has 21 heavy (non-hydrogen) atoms. The van der Waals surface area contributed by atoms with Gasteiger partial charge in [-0.2, -0.15) is 9.57 Å². The molecule has 1 fully saturated rings. The molecule has 8 heteroatoms. The van der Waals surface area contributed by atoms with E-state index in [2.05, 4.69) is 5.32 Å². The maximum atomic E-state index is 13.3. The SMILES string of the molecule is CC1NCCN(S(=O)(=O)c2ccc(F)c(C#N)c2)C1C.Cl. The Morgan fingerprint density at radius 1 is 1.43 bits per heavy atom. The summed E-state index contributed by atoms with van der Waals surface area (Å²) in [5.41, 5.74) is -0.262. The van der Waals surface area contributed by atoms with Crippen LogP contribution in [0.2, 0.25) is 0 Å². The van der Waals surface area contributed by atoms with Gasteiger partial charge in [0.15, 0.2) is 0 Å². The minimum atomic E-state index is -3.72. The molecule has 1 aromatic carbocycles. The lowest BCUT2D eigenvalue weighted by molar-refractivity contribution is 0.233. The van der Waals surface area contributed by atoms with Crippen molar-refractivity contribution in [3.63, 3.8) is 0 Å². The van der Waals surface area contributed by atoms with Gasteiger partial charge in [-0.1, -0.05) is 0 Å². The number of sulfonamides is 1. The molecule has 1 aliphatic heterocycles. The fourth-order valence-electron chi connectivity index (χ4n) is 2.25. The molecule has 2 rings (SSSR count). The average molecular weight is 334 g/mol. The minimum Gasteiger partial charge on any atom is -0.311 e. The molecule has 1 aliphatic rings. The highest BCUT2D eigenvalue weighted by atomic mass is 35.5. The van der Waals surface area contributed by atoms with Crippen molar-refractivity contribution in [2.24, 2.45) is 0 Å². The van der Waals surface area contributed by atoms with Gasteiger partial charge in [-0.15, -0.1) is 12.4 Å². The molecule has 0 aliphatic carbocycles. The van der Waals surface area contributed by atoms with E-state index in [0.29, 0.717) is 13.1 Å². The van der Waals surface area contributed by atoms with Crippen molar-refractivity contribution in [3.05, 3.63) is 29.6 Å². The van der Waals surface area contributed by atoms with Crippen LogP contribution >= 0.6 is 12.4 Å². The highest BCUT2D eigenvalue weighted by Gasteiger charge is 2.34. The second-order valence-corrected chi connectivity index (χ2v) is 6.74. The van der Waals surface area contributed by atoms with E-state index < -0.39 is 15.8 Å². The third-order valence-corrected chi connectivity index (χ3v) is 5.62. The van der Waals surface area contributed by atoms with E-state index in [9.17, 15) is 12.8 Å². The summed E-state index contributed by atoms with van der Waals surface area (Å²) >= 11 is 0. The van der Waals surface area contributed by atoms with Crippen molar-refractivity contribution in [3.8, 4) is 6.07 Å². The van der Waals surface area contributed by atoms with Crippen molar-refractivity contribution in [2.45, 2.75) is 30.8 Å². The van der Waals surface area contributed by atoms with Gasteiger partial charge >= 0.3 is 0 Å². The molecular weight excluding hydrogens is 317 g/mol. The van der Waals surface area contributed by atoms with E-state index in [-0.39, 0.29) is 34.9 Å². The third-order valence-electron chi connectivity index (χ3n) is 3.64. The molecule has 5 nitrogen and oxygen atoms in total. The summed E-state index contributed by atoms with van der Waals surface area (Å²) in [7, 11) is -3.72. The topological polar surface area (TPSA) is 73.2 Å². The first-order valence-electron chi connectivity index (χ1n) is 6.33. The first-order chi connectivity index (χ1) is 9.37. The van der Waals surface area contributed by atoms with E-state index in [4.69, 9.17) is 5.26 Å². The monoisotopic (exact) mass is 333 g/mol. The van der Waals surface area contributed by atoms with Crippen LogP contribution < -0.4 is 5.32 Å². The number of nitrogens with one attached hydrogen (secondary N) is 1. The van der Waals surface area contributed by atoms with Crippen LogP contribution in [0.15, 0.2) is 23.1 Å². The van der Waals surface area contributed by atoms with Gasteiger partial charge in [0, 0.05) is 25.2 Å². The second kappa shape index (κ2) is 6.71. The maximum absolute atomic E-state index is 13.3. The first kappa shape index (κ1) is 17.9. The normalized spacial score (nSPS) is 23.1. The molecule has 0 saturated carbocycles. The van der Waals surface area contributed by atoms with Crippen LogP contribution in [0.4, 0.5) is 4.39 Å². The van der Waals surface area contributed by atoms with E-state index in [0.717, 1.165) is 12.1 Å². The van der Waals surface area contributed by atoms with Gasteiger partial charge in [-0.3, -0.25) is 0 Å². The Morgan fingerprint density at radius 3 is 2.71 bits per heavy atom. The van der Waals surface area contributed by atoms with Crippen molar-refractivity contribution in [1.29, 1.82) is 5.26 Å². The summed E-state index contributed by atoms with van der Waals surface area (Å²) in [6, 6.07) is 4.79. The van der Waals surface area contributed by atoms with Crippen molar-refractivity contribution < 1.29 is 12.8 Å². The third kappa shape index (κ3) is 3.35. The first-order valence-corrected chi connectivity index (χ1v) is 7.77. The lowest BCUT2D eigenvalue weighted by Crippen LogP contribution is -2.57. The molecule has 116 valence electrons. The van der Waals surface area contributed by atoms with E-state index in [1.165, 1.54) is 10.4 Å². The molecular formula is C13H17ClFN3O2S. The molecule has 0 bridgehead atoms. The summed E-state index contributed by atoms with van der Waals surface area (Å²) in [6.07, 6.45) is 0. The lowest BCUT2D eigenvalue weighted by atomic mass is 10.1. The van der Waals surface area contributed by atoms with Gasteiger partial charge in [-0.05, 0) is 32.0 Å². The number of hydrogen-bond acceptors (Lipinski definition) is 4. The molecule has 1 saturated heterocycles. The maximum Gasteiger partial charge on any atom is 0.243 e. The molecule has 0 radical (unpaired) electrons. The van der Waals surface area contributed by atoms with Crippen LogP contribution in [-0.4, -0.2) is 37.9 Å². The Labute approximate surface area is 130 Å². The zero-order valence-corrected chi connectivity index (χ0v) is 13.3. The number of benzene rings is 1. The Hall–Kier alpha value is -1.20. The van der Waals surface area contributed by atoms with Crippen LogP contribution in [0.1, 0.15) is 19.4 Å². The van der Waals surface area contributed by atoms with Crippen molar-refractivity contribution in [1.82, 2.24) is 9.62 Å². The van der Waals surface area contributed by atoms with Crippen LogP contribution in [0.5, 0.6) is 0 Å². The molecule has 0 amide bonds. The largest absolute Gasteiger partial charge is 0.311 e. The zero-order valence-electron chi connectivity index (χ0n) is 11.7. The number of nitrogens with zero attached hydrogens (tertiary/aromatic N) is 2. The Kier molecular flexibility index (Phi) is 5.70. The summed E-state index contributed by atoms with van der Waals surface area (Å²) in [5, 5.41) is 12.0. The number of nitriles is 1. The number of halogens is 2. The summed E-state index contributed by atoms with van der Waals surface area (Å²) < 4.78 is 39.9. The molecule has 0 spiro atoms. The van der Waals surface area contributed by atoms with E-state index >= 15 is 0 Å². The Balaban J connectivity index is 0.00000220. The predicted octanol–water partition coefficient (Wildman–Crippen LogP) is 1.49. The van der Waals surface area contributed by atoms with Gasteiger partial charge in [0.05, 0.1) is 10.5 Å². The quantitative estimate of drug-likeness (QED) is 0.890. The van der Waals surface area contributed by atoms with Gasteiger partial charge in [0.1, 0.15) is 11.9 Å². The predicted molar refractivity (Wildman–Crippen MR) is 79.2 cm³/mol. The molecule has 1 N–H and O–H groups in total. The molecule has 1 aromatic rings. The zero-order chi connectivity index (χ0) is 14.9. The van der Waals surface area contributed by atoms with E-state index in [1.54, 1.807) is 6.07 Å². The van der Waals surface area contributed by atoms with Gasteiger partial charge < -0.3 is 5.32 Å². The van der Waals surface area contributed by atoms with Gasteiger partial charge in [0.2, 0.25) is 10.0 Å². The molecule has 1 heterocycles. The highest BCUT2D eigenvalue weighted by molar-refractivity contribution is 7.89. The number of hydrogen-bond donors (Lipinski definition) is 1. The van der Waals surface area contributed by atoms with E-state index in [1.807, 2.05) is 13.8 Å². The van der Waals surface area contributed by atoms with Gasteiger partial charge in [0.25, 0.3) is 0 Å². The molecule has 0 aromatic heterocycles. The Morgan fingerprint density at radius 2 is 2.10 bits per heavy atom. The average Bonchev–Trinajstić information content (AvgIpc) is 2.42. The second-order valence-electron chi connectivity index (χ2n) is 4.85.